The molecule has 18 heavy (non-hydrogen) atoms. The lowest BCUT2D eigenvalue weighted by Gasteiger charge is -2.09. The summed E-state index contributed by atoms with van der Waals surface area (Å²) in [5.74, 6) is -0.777. The van der Waals surface area contributed by atoms with Crippen molar-refractivity contribution >= 4 is 33.2 Å². The van der Waals surface area contributed by atoms with E-state index in [1.807, 2.05) is 0 Å². The zero-order chi connectivity index (χ0) is 13.1. The number of halogens is 4. The maximum Gasteiger partial charge on any atom is 0.147 e. The van der Waals surface area contributed by atoms with Crippen LogP contribution in [0.5, 0.6) is 0 Å². The first-order valence-corrected chi connectivity index (χ1v) is 6.37. The maximum atomic E-state index is 13.5. The van der Waals surface area contributed by atoms with E-state index < -0.39 is 5.82 Å². The van der Waals surface area contributed by atoms with Crippen LogP contribution in [-0.2, 0) is 6.54 Å². The fourth-order valence-corrected chi connectivity index (χ4v) is 2.07. The molecular weight excluding hydrogens is 324 g/mol. The Morgan fingerprint density at radius 3 is 2.61 bits per heavy atom. The van der Waals surface area contributed by atoms with Gasteiger partial charge in [-0.15, -0.1) is 0 Å². The third kappa shape index (κ3) is 3.00. The first-order chi connectivity index (χ1) is 8.58. The summed E-state index contributed by atoms with van der Waals surface area (Å²) in [5.41, 5.74) is 1.04. The second-order valence-corrected chi connectivity index (χ2v) is 4.92. The van der Waals surface area contributed by atoms with Gasteiger partial charge in [-0.1, -0.05) is 23.7 Å². The van der Waals surface area contributed by atoms with Gasteiger partial charge in [-0.05, 0) is 45.8 Å². The second kappa shape index (κ2) is 5.67. The quantitative estimate of drug-likeness (QED) is 0.834. The summed E-state index contributed by atoms with van der Waals surface area (Å²) in [6, 6.07) is 9.09. The van der Waals surface area contributed by atoms with Crippen molar-refractivity contribution in [2.24, 2.45) is 0 Å². The number of nitrogens with one attached hydrogen (secondary N) is 1. The molecule has 0 spiro atoms. The van der Waals surface area contributed by atoms with Gasteiger partial charge in [0.2, 0.25) is 0 Å². The maximum absolute atomic E-state index is 13.5. The molecule has 0 aliphatic carbocycles. The molecule has 0 saturated heterocycles. The molecule has 1 N–H and O–H groups in total. The van der Waals surface area contributed by atoms with E-state index in [1.165, 1.54) is 12.1 Å². The van der Waals surface area contributed by atoms with E-state index in [-0.39, 0.29) is 5.82 Å². The molecule has 0 bridgehead atoms. The Morgan fingerprint density at radius 2 is 1.89 bits per heavy atom. The van der Waals surface area contributed by atoms with Crippen LogP contribution in [0.25, 0.3) is 0 Å². The summed E-state index contributed by atoms with van der Waals surface area (Å²) in [6.45, 7) is 0.316. The standard InChI is InChI=1S/C13H9BrClF2N/c14-13-8(2-1-3-10(13)16)7-18-12-5-4-9(15)6-11(12)17/h1-6,18H,7H2. The Labute approximate surface area is 117 Å². The van der Waals surface area contributed by atoms with Crippen LogP contribution >= 0.6 is 27.5 Å². The van der Waals surface area contributed by atoms with Crippen molar-refractivity contribution < 1.29 is 8.78 Å². The number of benzene rings is 2. The van der Waals surface area contributed by atoms with Gasteiger partial charge in [0.15, 0.2) is 0 Å². The lowest BCUT2D eigenvalue weighted by atomic mass is 10.2. The Morgan fingerprint density at radius 1 is 1.11 bits per heavy atom. The summed E-state index contributed by atoms with van der Waals surface area (Å²) >= 11 is 8.81. The Hall–Kier alpha value is -1.13. The highest BCUT2D eigenvalue weighted by Gasteiger charge is 2.06. The minimum absolute atomic E-state index is 0.316. The van der Waals surface area contributed by atoms with E-state index in [9.17, 15) is 8.78 Å². The summed E-state index contributed by atoms with van der Waals surface area (Å²) in [5, 5.41) is 3.23. The van der Waals surface area contributed by atoms with Crippen molar-refractivity contribution in [1.82, 2.24) is 0 Å². The van der Waals surface area contributed by atoms with Crippen LogP contribution in [0, 0.1) is 11.6 Å². The van der Waals surface area contributed by atoms with E-state index in [0.717, 1.165) is 0 Å². The minimum atomic E-state index is -0.435. The first-order valence-electron chi connectivity index (χ1n) is 5.20. The fraction of sp³-hybridized carbons (Fsp3) is 0.0769. The molecule has 0 amide bonds. The van der Waals surface area contributed by atoms with Crippen molar-refractivity contribution in [2.75, 3.05) is 5.32 Å². The van der Waals surface area contributed by atoms with Crippen LogP contribution in [-0.4, -0.2) is 0 Å². The van der Waals surface area contributed by atoms with Crippen LogP contribution in [0.15, 0.2) is 40.9 Å². The predicted molar refractivity (Wildman–Crippen MR) is 72.8 cm³/mol. The molecule has 0 aliphatic heterocycles. The molecule has 1 nitrogen and oxygen atoms in total. The third-order valence-electron chi connectivity index (χ3n) is 2.43. The average Bonchev–Trinajstić information content (AvgIpc) is 2.33. The van der Waals surface area contributed by atoms with E-state index in [4.69, 9.17) is 11.6 Å². The van der Waals surface area contributed by atoms with Gasteiger partial charge in [-0.3, -0.25) is 0 Å². The van der Waals surface area contributed by atoms with Crippen LogP contribution in [0.1, 0.15) is 5.56 Å². The Bertz CT molecular complexity index is 575. The van der Waals surface area contributed by atoms with Crippen LogP contribution in [0.2, 0.25) is 5.02 Å². The highest BCUT2D eigenvalue weighted by molar-refractivity contribution is 9.10. The van der Waals surface area contributed by atoms with Crippen molar-refractivity contribution in [3.63, 3.8) is 0 Å². The van der Waals surface area contributed by atoms with Crippen LogP contribution in [0.4, 0.5) is 14.5 Å². The van der Waals surface area contributed by atoms with E-state index in [0.29, 0.717) is 27.3 Å². The molecule has 0 heterocycles. The monoisotopic (exact) mass is 331 g/mol. The van der Waals surface area contributed by atoms with Crippen molar-refractivity contribution in [3.05, 3.63) is 63.1 Å². The SMILES string of the molecule is Fc1cc(Cl)ccc1NCc1cccc(F)c1Br. The van der Waals surface area contributed by atoms with E-state index >= 15 is 0 Å². The molecule has 2 aromatic rings. The molecule has 0 fully saturated rings. The highest BCUT2D eigenvalue weighted by Crippen LogP contribution is 2.23. The first kappa shape index (κ1) is 13.3. The van der Waals surface area contributed by atoms with Gasteiger partial charge in [0.1, 0.15) is 11.6 Å². The summed E-state index contributed by atoms with van der Waals surface area (Å²) in [6.07, 6.45) is 0. The van der Waals surface area contributed by atoms with Gasteiger partial charge in [0.05, 0.1) is 10.2 Å². The summed E-state index contributed by atoms with van der Waals surface area (Å²) in [4.78, 5) is 0. The smallest absolute Gasteiger partial charge is 0.147 e. The molecule has 0 atom stereocenters. The molecule has 0 unspecified atom stereocenters. The van der Waals surface area contributed by atoms with Crippen LogP contribution < -0.4 is 5.32 Å². The lowest BCUT2D eigenvalue weighted by Crippen LogP contribution is -2.02. The molecule has 5 heteroatoms. The van der Waals surface area contributed by atoms with Gasteiger partial charge in [0, 0.05) is 11.6 Å². The fourth-order valence-electron chi connectivity index (χ4n) is 1.51. The van der Waals surface area contributed by atoms with Gasteiger partial charge in [0.25, 0.3) is 0 Å². The molecule has 0 aliphatic rings. The minimum Gasteiger partial charge on any atom is -0.379 e. The molecule has 94 valence electrons. The molecule has 0 saturated carbocycles. The number of anilines is 1. The number of hydrogen-bond acceptors (Lipinski definition) is 1. The van der Waals surface area contributed by atoms with E-state index in [2.05, 4.69) is 21.2 Å². The Kier molecular flexibility index (Phi) is 4.19. The van der Waals surface area contributed by atoms with Crippen molar-refractivity contribution in [3.8, 4) is 0 Å². The van der Waals surface area contributed by atoms with E-state index in [1.54, 1.807) is 24.3 Å². The highest BCUT2D eigenvalue weighted by atomic mass is 79.9. The molecule has 0 aromatic heterocycles. The number of hydrogen-bond donors (Lipinski definition) is 1. The predicted octanol–water partition coefficient (Wildman–Crippen LogP) is 4.99. The van der Waals surface area contributed by atoms with Crippen LogP contribution in [0.3, 0.4) is 0 Å². The normalized spacial score (nSPS) is 10.4. The molecule has 2 rings (SSSR count). The molecule has 2 aromatic carbocycles. The zero-order valence-electron chi connectivity index (χ0n) is 9.18. The summed E-state index contributed by atoms with van der Waals surface area (Å²) < 4.78 is 27.2. The number of rotatable bonds is 3. The average molecular weight is 333 g/mol. The lowest BCUT2D eigenvalue weighted by molar-refractivity contribution is 0.618. The van der Waals surface area contributed by atoms with Gasteiger partial charge in [-0.2, -0.15) is 0 Å². The summed E-state index contributed by atoms with van der Waals surface area (Å²) in [7, 11) is 0. The zero-order valence-corrected chi connectivity index (χ0v) is 11.5. The van der Waals surface area contributed by atoms with Crippen molar-refractivity contribution in [1.29, 1.82) is 0 Å². The van der Waals surface area contributed by atoms with Gasteiger partial charge < -0.3 is 5.32 Å². The van der Waals surface area contributed by atoms with Gasteiger partial charge >= 0.3 is 0 Å². The molecule has 0 radical (unpaired) electrons. The molecular formula is C13H9BrClF2N. The second-order valence-electron chi connectivity index (χ2n) is 3.69. The Balaban J connectivity index is 2.14. The topological polar surface area (TPSA) is 12.0 Å². The van der Waals surface area contributed by atoms with Gasteiger partial charge in [-0.25, -0.2) is 8.78 Å². The largest absolute Gasteiger partial charge is 0.379 e. The third-order valence-corrected chi connectivity index (χ3v) is 3.56. The van der Waals surface area contributed by atoms with Crippen molar-refractivity contribution in [2.45, 2.75) is 6.54 Å².